The molecule has 1 aliphatic carbocycles. The molecule has 1 aromatic carbocycles. The molecule has 2 fully saturated rings. The molecule has 10 heteroatoms. The van der Waals surface area contributed by atoms with Crippen molar-refractivity contribution in [2.24, 2.45) is 11.8 Å². The predicted octanol–water partition coefficient (Wildman–Crippen LogP) is 5.39. The zero-order valence-electron chi connectivity index (χ0n) is 23.5. The van der Waals surface area contributed by atoms with Crippen LogP contribution in [0, 0.1) is 27.9 Å². The number of benzene rings is 1. The van der Waals surface area contributed by atoms with Gasteiger partial charge in [0.15, 0.2) is 5.76 Å². The first-order valence-corrected chi connectivity index (χ1v) is 15.6. The van der Waals surface area contributed by atoms with E-state index in [1.165, 1.54) is 0 Å². The highest BCUT2D eigenvalue weighted by atomic mass is 32.2. The maximum atomic E-state index is 14.6. The number of oxazole rings is 1. The van der Waals surface area contributed by atoms with Crippen molar-refractivity contribution >= 4 is 21.3 Å². The van der Waals surface area contributed by atoms with Crippen LogP contribution < -0.4 is 10.2 Å². The lowest BCUT2D eigenvalue weighted by Gasteiger charge is -2.32. The second-order valence-electron chi connectivity index (χ2n) is 12.2. The molecule has 2 heterocycles. The van der Waals surface area contributed by atoms with Gasteiger partial charge in [0.2, 0.25) is 11.8 Å². The van der Waals surface area contributed by atoms with Crippen LogP contribution >= 0.6 is 0 Å². The smallest absolute Gasteiger partial charge is 0.224 e. The summed E-state index contributed by atoms with van der Waals surface area (Å²) in [6.07, 6.45) is -0.211. The van der Waals surface area contributed by atoms with Gasteiger partial charge in [-0.2, -0.15) is 5.26 Å². The van der Waals surface area contributed by atoms with E-state index < -0.39 is 27.9 Å². The standard InChI is InChI=1S/C29H40FN5O3S/c1-18(2)24(17-31)33-27(36)23-16-20(30)8-11-22(23)25-26(38-28(34-25)29(3,4)5)19-6-9-21(10-7-19)35-12-14-39(32,37)15-13-35/h6-7,9-10,18,20,22-24,32H,8,11-16H2,1-5H3,(H,33,36)/t20-,22+,23+,24+/m0/s1. The van der Waals surface area contributed by atoms with E-state index in [1.807, 2.05) is 58.9 Å². The van der Waals surface area contributed by atoms with Crippen molar-refractivity contribution in [3.05, 3.63) is 35.9 Å². The van der Waals surface area contributed by atoms with Crippen LogP contribution in [0.4, 0.5) is 10.1 Å². The predicted molar refractivity (Wildman–Crippen MR) is 151 cm³/mol. The zero-order chi connectivity index (χ0) is 28.5. The molecular formula is C29H40FN5O3S. The number of aromatic nitrogens is 1. The van der Waals surface area contributed by atoms with Crippen LogP contribution in [0.5, 0.6) is 0 Å². The fraction of sp³-hybridized carbons (Fsp3) is 0.621. The fourth-order valence-electron chi connectivity index (χ4n) is 5.27. The minimum Gasteiger partial charge on any atom is -0.440 e. The number of hydrogen-bond acceptors (Lipinski definition) is 7. The number of halogens is 1. The average molecular weight is 558 g/mol. The van der Waals surface area contributed by atoms with Gasteiger partial charge in [-0.05, 0) is 49.4 Å². The maximum absolute atomic E-state index is 14.6. The molecule has 39 heavy (non-hydrogen) atoms. The van der Waals surface area contributed by atoms with E-state index in [9.17, 15) is 18.7 Å². The Labute approximate surface area is 231 Å². The molecule has 0 radical (unpaired) electrons. The van der Waals surface area contributed by atoms with E-state index in [1.54, 1.807) is 0 Å². The third-order valence-corrected chi connectivity index (χ3v) is 9.43. The summed E-state index contributed by atoms with van der Waals surface area (Å²) < 4.78 is 40.9. The van der Waals surface area contributed by atoms with Crippen LogP contribution in [0.15, 0.2) is 28.7 Å². The minimum absolute atomic E-state index is 0.0664. The molecule has 1 saturated carbocycles. The van der Waals surface area contributed by atoms with Gasteiger partial charge >= 0.3 is 0 Å². The van der Waals surface area contributed by atoms with Gasteiger partial charge in [0.25, 0.3) is 0 Å². The Morgan fingerprint density at radius 1 is 1.23 bits per heavy atom. The third kappa shape index (κ3) is 6.63. The first-order chi connectivity index (χ1) is 18.3. The van der Waals surface area contributed by atoms with Crippen LogP contribution in [-0.2, 0) is 19.9 Å². The molecule has 1 amide bonds. The van der Waals surface area contributed by atoms with E-state index >= 15 is 0 Å². The lowest BCUT2D eigenvalue weighted by atomic mass is 9.75. The highest BCUT2D eigenvalue weighted by molar-refractivity contribution is 7.92. The Morgan fingerprint density at radius 3 is 2.44 bits per heavy atom. The monoisotopic (exact) mass is 557 g/mol. The summed E-state index contributed by atoms with van der Waals surface area (Å²) in [6, 6.07) is 9.38. The minimum atomic E-state index is -2.48. The molecule has 4 atom stereocenters. The van der Waals surface area contributed by atoms with Crippen molar-refractivity contribution in [1.82, 2.24) is 10.3 Å². The van der Waals surface area contributed by atoms with Crippen molar-refractivity contribution in [3.8, 4) is 17.4 Å². The van der Waals surface area contributed by atoms with E-state index in [-0.39, 0.29) is 29.6 Å². The number of hydrogen-bond donors (Lipinski definition) is 2. The van der Waals surface area contributed by atoms with Gasteiger partial charge in [-0.1, -0.05) is 34.6 Å². The van der Waals surface area contributed by atoms with Gasteiger partial charge in [0.1, 0.15) is 12.2 Å². The number of nitriles is 1. The number of amides is 1. The summed E-state index contributed by atoms with van der Waals surface area (Å²) >= 11 is 0. The van der Waals surface area contributed by atoms with Crippen LogP contribution in [0.25, 0.3) is 11.3 Å². The van der Waals surface area contributed by atoms with Crippen LogP contribution in [-0.4, -0.2) is 51.9 Å². The Bertz CT molecular complexity index is 1310. The first kappa shape index (κ1) is 29.1. The van der Waals surface area contributed by atoms with E-state index in [2.05, 4.69) is 16.3 Å². The molecule has 0 unspecified atom stereocenters. The van der Waals surface area contributed by atoms with Gasteiger partial charge < -0.3 is 14.6 Å². The number of rotatable bonds is 6. The zero-order valence-corrected chi connectivity index (χ0v) is 24.3. The second kappa shape index (κ2) is 11.3. The van der Waals surface area contributed by atoms with Crippen molar-refractivity contribution < 1.29 is 17.8 Å². The van der Waals surface area contributed by atoms with E-state index in [0.717, 1.165) is 11.3 Å². The first-order valence-electron chi connectivity index (χ1n) is 13.7. The van der Waals surface area contributed by atoms with Crippen LogP contribution in [0.2, 0.25) is 0 Å². The number of alkyl halides is 1. The average Bonchev–Trinajstić information content (AvgIpc) is 3.33. The third-order valence-electron chi connectivity index (χ3n) is 7.75. The molecule has 0 spiro atoms. The second-order valence-corrected chi connectivity index (χ2v) is 14.7. The van der Waals surface area contributed by atoms with E-state index in [0.29, 0.717) is 54.8 Å². The quantitative estimate of drug-likeness (QED) is 0.491. The largest absolute Gasteiger partial charge is 0.440 e. The summed E-state index contributed by atoms with van der Waals surface area (Å²) in [7, 11) is -2.48. The summed E-state index contributed by atoms with van der Waals surface area (Å²) in [4.78, 5) is 20.4. The molecule has 1 saturated heterocycles. The van der Waals surface area contributed by atoms with Crippen molar-refractivity contribution in [3.63, 3.8) is 0 Å². The van der Waals surface area contributed by atoms with Crippen molar-refractivity contribution in [1.29, 1.82) is 10.0 Å². The Morgan fingerprint density at radius 2 is 1.87 bits per heavy atom. The van der Waals surface area contributed by atoms with Gasteiger partial charge in [-0.15, -0.1) is 0 Å². The molecule has 8 nitrogen and oxygen atoms in total. The van der Waals surface area contributed by atoms with Crippen LogP contribution in [0.1, 0.15) is 71.4 Å². The molecule has 0 bridgehead atoms. The topological polar surface area (TPSA) is 123 Å². The highest BCUT2D eigenvalue weighted by Gasteiger charge is 2.41. The van der Waals surface area contributed by atoms with Crippen molar-refractivity contribution in [2.75, 3.05) is 29.5 Å². The number of carbonyl (C=O) groups excluding carboxylic acids is 1. The fourth-order valence-corrected chi connectivity index (χ4v) is 6.50. The lowest BCUT2D eigenvalue weighted by molar-refractivity contribution is -0.128. The number of carbonyl (C=O) groups is 1. The van der Waals surface area contributed by atoms with Gasteiger partial charge in [0.05, 0.1) is 11.8 Å². The van der Waals surface area contributed by atoms with Crippen LogP contribution in [0.3, 0.4) is 0 Å². The number of nitrogens with zero attached hydrogens (tertiary/aromatic N) is 3. The Kier molecular flexibility index (Phi) is 8.41. The van der Waals surface area contributed by atoms with Crippen molar-refractivity contribution in [2.45, 2.75) is 77.4 Å². The maximum Gasteiger partial charge on any atom is 0.224 e. The molecule has 2 aromatic rings. The molecule has 4 rings (SSSR count). The van der Waals surface area contributed by atoms with Gasteiger partial charge in [-0.25, -0.2) is 13.6 Å². The Hall–Kier alpha value is -2.93. The highest BCUT2D eigenvalue weighted by Crippen LogP contribution is 2.44. The molecular weight excluding hydrogens is 517 g/mol. The molecule has 212 valence electrons. The SMILES string of the molecule is CC(C)[C@@H](C#N)NC(=O)[C@@H]1C[C@@H](F)CC[C@H]1c1nc(C(C)(C)C)oc1-c1ccc(N2CCS(=N)(=O)CC2)cc1. The molecule has 2 aliphatic rings. The summed E-state index contributed by atoms with van der Waals surface area (Å²) in [6.45, 7) is 10.9. The normalized spacial score (nSPS) is 24.3. The summed E-state index contributed by atoms with van der Waals surface area (Å²) in [5.74, 6) is 0.470. The molecule has 2 N–H and O–H groups in total. The number of anilines is 1. The van der Waals surface area contributed by atoms with E-state index in [4.69, 9.17) is 14.2 Å². The summed E-state index contributed by atoms with van der Waals surface area (Å²) in [5.41, 5.74) is 2.08. The summed E-state index contributed by atoms with van der Waals surface area (Å²) in [5, 5.41) is 12.4. The van der Waals surface area contributed by atoms with Gasteiger partial charge in [-0.3, -0.25) is 9.57 Å². The van der Waals surface area contributed by atoms with Gasteiger partial charge in [0, 0.05) is 62.8 Å². The molecule has 1 aromatic heterocycles. The lowest BCUT2D eigenvalue weighted by Crippen LogP contribution is -2.44. The number of nitrogens with one attached hydrogen (secondary N) is 2. The Balaban J connectivity index is 1.68. The molecule has 1 aliphatic heterocycles.